The van der Waals surface area contributed by atoms with Crippen molar-refractivity contribution in [3.05, 3.63) is 42.5 Å². The first kappa shape index (κ1) is 29.7. The summed E-state index contributed by atoms with van der Waals surface area (Å²) in [5, 5.41) is 2.61. The third-order valence-electron chi connectivity index (χ3n) is 4.66. The Morgan fingerprint density at radius 2 is 1.83 bits per heavy atom. The number of alkyl halides is 2. The van der Waals surface area contributed by atoms with Gasteiger partial charge in [-0.05, 0) is 55.7 Å². The van der Waals surface area contributed by atoms with Gasteiger partial charge in [0.2, 0.25) is 5.91 Å². The van der Waals surface area contributed by atoms with Crippen molar-refractivity contribution < 1.29 is 36.3 Å². The van der Waals surface area contributed by atoms with Crippen molar-refractivity contribution in [1.82, 2.24) is 5.32 Å². The fraction of sp³-hybridized carbons (Fsp3) is 0.364. The molecule has 36 heavy (non-hydrogen) atoms. The SMILES string of the molecule is CCOc1cc(N(P)C(=O)[C@@H](NC(C)=O)C(C)C)ccc1S(=O)(=O)Nc1cccc(OC(F)(F)P)c1. The van der Waals surface area contributed by atoms with Crippen LogP contribution in [0.1, 0.15) is 27.7 Å². The van der Waals surface area contributed by atoms with Gasteiger partial charge >= 0.3 is 5.85 Å². The Labute approximate surface area is 213 Å². The molecule has 0 heterocycles. The molecule has 0 aliphatic heterocycles. The van der Waals surface area contributed by atoms with Gasteiger partial charge in [0.25, 0.3) is 15.9 Å². The highest BCUT2D eigenvalue weighted by Crippen LogP contribution is 2.34. The molecule has 2 aromatic rings. The van der Waals surface area contributed by atoms with E-state index in [4.69, 9.17) is 4.74 Å². The minimum atomic E-state index is -4.23. The van der Waals surface area contributed by atoms with E-state index >= 15 is 0 Å². The number of hydrogen-bond acceptors (Lipinski definition) is 6. The maximum atomic E-state index is 13.1. The second kappa shape index (κ2) is 12.1. The van der Waals surface area contributed by atoms with Gasteiger partial charge in [-0.1, -0.05) is 19.9 Å². The van der Waals surface area contributed by atoms with Crippen LogP contribution in [0.15, 0.2) is 47.4 Å². The zero-order valence-corrected chi connectivity index (χ0v) is 23.2. The molecule has 0 aromatic heterocycles. The van der Waals surface area contributed by atoms with Gasteiger partial charge in [0.05, 0.1) is 18.0 Å². The second-order valence-electron chi connectivity index (χ2n) is 7.99. The van der Waals surface area contributed by atoms with Gasteiger partial charge in [0, 0.05) is 19.1 Å². The highest BCUT2D eigenvalue weighted by molar-refractivity contribution is 7.92. The molecule has 2 N–H and O–H groups in total. The molecule has 0 saturated carbocycles. The van der Waals surface area contributed by atoms with Crippen molar-refractivity contribution in [1.29, 1.82) is 0 Å². The van der Waals surface area contributed by atoms with E-state index in [2.05, 4.69) is 24.2 Å². The average molecular weight is 564 g/mol. The molecule has 2 amide bonds. The Hall–Kier alpha value is -2.55. The molecule has 0 bridgehead atoms. The molecule has 0 saturated heterocycles. The molecule has 0 aliphatic carbocycles. The second-order valence-corrected chi connectivity index (χ2v) is 10.8. The van der Waals surface area contributed by atoms with Crippen molar-refractivity contribution in [2.45, 2.75) is 44.5 Å². The van der Waals surface area contributed by atoms with Gasteiger partial charge in [-0.15, -0.1) is 0 Å². The van der Waals surface area contributed by atoms with Gasteiger partial charge in [-0.25, -0.2) is 8.42 Å². The maximum Gasteiger partial charge on any atom is 0.408 e. The number of sulfonamides is 1. The van der Waals surface area contributed by atoms with Crippen LogP contribution in [-0.2, 0) is 19.6 Å². The van der Waals surface area contributed by atoms with E-state index in [-0.39, 0.29) is 40.5 Å². The minimum absolute atomic E-state index is 0.00814. The van der Waals surface area contributed by atoms with E-state index in [9.17, 15) is 26.8 Å². The van der Waals surface area contributed by atoms with E-state index < -0.39 is 27.8 Å². The maximum absolute atomic E-state index is 13.1. The topological polar surface area (TPSA) is 114 Å². The summed E-state index contributed by atoms with van der Waals surface area (Å²) in [6, 6.07) is 8.33. The molecule has 2 aromatic carbocycles. The molecule has 0 fully saturated rings. The van der Waals surface area contributed by atoms with Gasteiger partial charge < -0.3 is 14.8 Å². The Balaban J connectivity index is 2.38. The number of hydrogen-bond donors (Lipinski definition) is 2. The number of carbonyl (C=O) groups is 2. The van der Waals surface area contributed by atoms with Crippen LogP contribution in [-0.4, -0.2) is 38.7 Å². The van der Waals surface area contributed by atoms with Crippen LogP contribution in [0.25, 0.3) is 0 Å². The molecule has 0 aliphatic rings. The number of ether oxygens (including phenoxy) is 2. The predicted octanol–water partition coefficient (Wildman–Crippen LogP) is 3.97. The van der Waals surface area contributed by atoms with Crippen LogP contribution in [0.2, 0.25) is 0 Å². The molecule has 0 radical (unpaired) electrons. The Morgan fingerprint density at radius 1 is 1.17 bits per heavy atom. The first-order valence-corrected chi connectivity index (χ1v) is 13.3. The summed E-state index contributed by atoms with van der Waals surface area (Å²) in [4.78, 5) is 24.3. The highest BCUT2D eigenvalue weighted by atomic mass is 32.2. The molecule has 9 nitrogen and oxygen atoms in total. The summed E-state index contributed by atoms with van der Waals surface area (Å²) in [5.41, 5.74) is 0.299. The van der Waals surface area contributed by atoms with Crippen molar-refractivity contribution >= 4 is 51.8 Å². The van der Waals surface area contributed by atoms with E-state index in [1.54, 1.807) is 20.8 Å². The van der Waals surface area contributed by atoms with Crippen LogP contribution in [0.4, 0.5) is 20.2 Å². The van der Waals surface area contributed by atoms with Gasteiger partial charge in [0.15, 0.2) is 0 Å². The Morgan fingerprint density at radius 3 is 2.39 bits per heavy atom. The lowest BCUT2D eigenvalue weighted by Crippen LogP contribution is -2.48. The van der Waals surface area contributed by atoms with Crippen molar-refractivity contribution in [2.75, 3.05) is 16.0 Å². The molecule has 2 unspecified atom stereocenters. The molecular formula is C22H29F2N3O6P2S. The number of anilines is 2. The average Bonchev–Trinajstić information content (AvgIpc) is 2.75. The largest absolute Gasteiger partial charge is 0.492 e. The van der Waals surface area contributed by atoms with Gasteiger partial charge in [-0.3, -0.25) is 19.0 Å². The zero-order valence-electron chi connectivity index (χ0n) is 20.1. The van der Waals surface area contributed by atoms with Crippen LogP contribution >= 0.6 is 18.6 Å². The lowest BCUT2D eigenvalue weighted by molar-refractivity contribution is -0.126. The van der Waals surface area contributed by atoms with E-state index in [1.807, 2.05) is 0 Å². The molecule has 14 heteroatoms. The van der Waals surface area contributed by atoms with Gasteiger partial charge in [0.1, 0.15) is 22.4 Å². The Bertz CT molecular complexity index is 1210. The lowest BCUT2D eigenvalue weighted by atomic mass is 10.0. The van der Waals surface area contributed by atoms with Crippen molar-refractivity contribution in [2.24, 2.45) is 5.92 Å². The first-order chi connectivity index (χ1) is 16.6. The molecular weight excluding hydrogens is 534 g/mol. The van der Waals surface area contributed by atoms with Crippen molar-refractivity contribution in [3.8, 4) is 11.5 Å². The number of halogens is 2. The fourth-order valence-corrected chi connectivity index (χ4v) is 4.77. The van der Waals surface area contributed by atoms with Gasteiger partial charge in [-0.2, -0.15) is 8.78 Å². The zero-order chi connectivity index (χ0) is 27.3. The number of benzene rings is 2. The first-order valence-electron chi connectivity index (χ1n) is 10.8. The summed E-state index contributed by atoms with van der Waals surface area (Å²) < 4.78 is 66.0. The van der Waals surface area contributed by atoms with E-state index in [0.29, 0.717) is 5.69 Å². The summed E-state index contributed by atoms with van der Waals surface area (Å²) in [6.07, 6.45) is 0. The summed E-state index contributed by atoms with van der Waals surface area (Å²) >= 11 is 0. The lowest BCUT2D eigenvalue weighted by Gasteiger charge is -2.27. The van der Waals surface area contributed by atoms with Crippen molar-refractivity contribution in [3.63, 3.8) is 0 Å². The van der Waals surface area contributed by atoms with E-state index in [1.165, 1.54) is 57.2 Å². The number of rotatable bonds is 11. The molecule has 198 valence electrons. The third kappa shape index (κ3) is 8.25. The highest BCUT2D eigenvalue weighted by Gasteiger charge is 2.29. The molecule has 3 atom stereocenters. The predicted molar refractivity (Wildman–Crippen MR) is 140 cm³/mol. The van der Waals surface area contributed by atoms with Crippen LogP contribution in [0.3, 0.4) is 0 Å². The molecule has 0 spiro atoms. The summed E-state index contributed by atoms with van der Waals surface area (Å²) in [7, 11) is -0.740. The number of amides is 2. The minimum Gasteiger partial charge on any atom is -0.492 e. The summed E-state index contributed by atoms with van der Waals surface area (Å²) in [6.45, 7) is 6.67. The van der Waals surface area contributed by atoms with Crippen LogP contribution in [0.5, 0.6) is 11.5 Å². The summed E-state index contributed by atoms with van der Waals surface area (Å²) in [5.74, 6) is -4.79. The number of carbonyl (C=O) groups excluding carboxylic acids is 2. The van der Waals surface area contributed by atoms with E-state index in [0.717, 1.165) is 6.07 Å². The Kier molecular flexibility index (Phi) is 10.00. The number of nitrogens with zero attached hydrogens (tertiary/aromatic N) is 1. The third-order valence-corrected chi connectivity index (χ3v) is 6.76. The smallest absolute Gasteiger partial charge is 0.408 e. The quantitative estimate of drug-likeness (QED) is 0.400. The molecule has 2 rings (SSSR count). The fourth-order valence-electron chi connectivity index (χ4n) is 3.14. The number of nitrogens with one attached hydrogen (secondary N) is 2. The van der Waals surface area contributed by atoms with Crippen LogP contribution < -0.4 is 24.2 Å². The van der Waals surface area contributed by atoms with Crippen LogP contribution in [0, 0.1) is 5.92 Å². The monoisotopic (exact) mass is 563 g/mol. The standard InChI is InChI=1S/C22H29F2N3O6P2S/c1-5-32-18-12-16(27(35)21(29)20(13(2)3)25-14(4)28)9-10-19(18)36(30,31)26-15-7-6-8-17(11-15)33-22(23,24)34/h6-13,20,26H,5,34-35H2,1-4H3,(H,25,28)/t20-/m0/s1. The normalized spacial score (nSPS) is 12.6.